The number of benzene rings is 1. The number of piperidine rings is 1. The maximum Gasteiger partial charge on any atom is 0.243 e. The van der Waals surface area contributed by atoms with Crippen LogP contribution in [0.2, 0.25) is 0 Å². The molecule has 3 rings (SSSR count). The SMILES string of the molecule is Cc1ccccc1CN1CCC(NC(=NCC(=O)N(C)C)NC2CCCC2)CC1.I. The molecule has 6 nitrogen and oxygen atoms in total. The molecule has 1 aliphatic heterocycles. The Balaban J connectivity index is 0.00000320. The Morgan fingerprint density at radius 2 is 1.67 bits per heavy atom. The number of nitrogens with one attached hydrogen (secondary N) is 2. The fourth-order valence-corrected chi connectivity index (χ4v) is 4.14. The van der Waals surface area contributed by atoms with Gasteiger partial charge in [-0.3, -0.25) is 9.69 Å². The molecule has 30 heavy (non-hydrogen) atoms. The van der Waals surface area contributed by atoms with Crippen molar-refractivity contribution >= 4 is 35.8 Å². The quantitative estimate of drug-likeness (QED) is 0.339. The Labute approximate surface area is 198 Å². The van der Waals surface area contributed by atoms with Gasteiger partial charge in [0.05, 0.1) is 0 Å². The van der Waals surface area contributed by atoms with Crippen LogP contribution >= 0.6 is 24.0 Å². The van der Waals surface area contributed by atoms with E-state index < -0.39 is 0 Å². The summed E-state index contributed by atoms with van der Waals surface area (Å²) in [6.45, 7) is 5.58. The van der Waals surface area contributed by atoms with Gasteiger partial charge in [-0.1, -0.05) is 37.1 Å². The molecule has 0 bridgehead atoms. The number of guanidine groups is 1. The molecular formula is C23H38IN5O. The van der Waals surface area contributed by atoms with Crippen molar-refractivity contribution < 1.29 is 4.79 Å². The van der Waals surface area contributed by atoms with Crippen LogP contribution in [0.4, 0.5) is 0 Å². The summed E-state index contributed by atoms with van der Waals surface area (Å²) in [7, 11) is 3.55. The summed E-state index contributed by atoms with van der Waals surface area (Å²) in [5.74, 6) is 0.843. The highest BCUT2D eigenvalue weighted by atomic mass is 127. The van der Waals surface area contributed by atoms with E-state index >= 15 is 0 Å². The number of carbonyl (C=O) groups is 1. The van der Waals surface area contributed by atoms with Crippen LogP contribution in [0.15, 0.2) is 29.3 Å². The van der Waals surface area contributed by atoms with Gasteiger partial charge in [0.25, 0.3) is 0 Å². The zero-order chi connectivity index (χ0) is 20.6. The maximum absolute atomic E-state index is 12.0. The molecule has 0 atom stereocenters. The van der Waals surface area contributed by atoms with Gasteiger partial charge < -0.3 is 15.5 Å². The molecule has 0 spiro atoms. The molecule has 1 amide bonds. The van der Waals surface area contributed by atoms with Crippen LogP contribution in [0.5, 0.6) is 0 Å². The van der Waals surface area contributed by atoms with Crippen molar-refractivity contribution in [2.45, 2.75) is 64.1 Å². The van der Waals surface area contributed by atoms with E-state index in [4.69, 9.17) is 0 Å². The van der Waals surface area contributed by atoms with Gasteiger partial charge in [-0.05, 0) is 43.7 Å². The lowest BCUT2D eigenvalue weighted by molar-refractivity contribution is -0.127. The summed E-state index contributed by atoms with van der Waals surface area (Å²) in [6.07, 6.45) is 7.13. The first-order valence-electron chi connectivity index (χ1n) is 11.1. The predicted octanol–water partition coefficient (Wildman–Crippen LogP) is 3.14. The number of carbonyl (C=O) groups excluding carboxylic acids is 1. The summed E-state index contributed by atoms with van der Waals surface area (Å²) < 4.78 is 0. The molecule has 1 saturated heterocycles. The molecule has 1 saturated carbocycles. The van der Waals surface area contributed by atoms with Crippen LogP contribution in [0.3, 0.4) is 0 Å². The molecule has 1 heterocycles. The fourth-order valence-electron chi connectivity index (χ4n) is 4.14. The Bertz CT molecular complexity index is 695. The summed E-state index contributed by atoms with van der Waals surface area (Å²) in [5, 5.41) is 7.18. The van der Waals surface area contributed by atoms with E-state index in [0.29, 0.717) is 12.1 Å². The number of likely N-dealkylation sites (tertiary alicyclic amines) is 1. The number of hydrogen-bond acceptors (Lipinski definition) is 3. The number of nitrogens with zero attached hydrogens (tertiary/aromatic N) is 3. The Morgan fingerprint density at radius 1 is 1.07 bits per heavy atom. The highest BCUT2D eigenvalue weighted by Crippen LogP contribution is 2.18. The third kappa shape index (κ3) is 7.72. The van der Waals surface area contributed by atoms with Gasteiger partial charge in [0, 0.05) is 45.8 Å². The third-order valence-electron chi connectivity index (χ3n) is 6.15. The normalized spacial score (nSPS) is 18.7. The van der Waals surface area contributed by atoms with Gasteiger partial charge in [-0.25, -0.2) is 4.99 Å². The molecule has 2 fully saturated rings. The second-order valence-corrected chi connectivity index (χ2v) is 8.70. The van der Waals surface area contributed by atoms with Crippen LogP contribution in [0.25, 0.3) is 0 Å². The Hall–Kier alpha value is -1.35. The minimum atomic E-state index is 0. The fraction of sp³-hybridized carbons (Fsp3) is 0.652. The van der Waals surface area contributed by atoms with Crippen LogP contribution < -0.4 is 10.6 Å². The summed E-state index contributed by atoms with van der Waals surface area (Å²) in [4.78, 5) is 20.7. The van der Waals surface area contributed by atoms with E-state index in [1.165, 1.54) is 36.8 Å². The zero-order valence-electron chi connectivity index (χ0n) is 18.7. The molecule has 0 radical (unpaired) electrons. The summed E-state index contributed by atoms with van der Waals surface area (Å²) in [5.41, 5.74) is 2.79. The molecule has 1 aromatic rings. The molecule has 0 unspecified atom stereocenters. The third-order valence-corrected chi connectivity index (χ3v) is 6.15. The van der Waals surface area contributed by atoms with E-state index in [0.717, 1.165) is 38.4 Å². The van der Waals surface area contributed by atoms with Crippen molar-refractivity contribution in [2.75, 3.05) is 33.7 Å². The number of aryl methyl sites for hydroxylation is 1. The second kappa shape index (κ2) is 12.5. The lowest BCUT2D eigenvalue weighted by atomic mass is 10.0. The number of likely N-dealkylation sites (N-methyl/N-ethyl adjacent to an activating group) is 1. The Kier molecular flexibility index (Phi) is 10.4. The van der Waals surface area contributed by atoms with E-state index in [2.05, 4.69) is 51.7 Å². The average Bonchev–Trinajstić information content (AvgIpc) is 3.22. The summed E-state index contributed by atoms with van der Waals surface area (Å²) in [6, 6.07) is 9.55. The van der Waals surface area contributed by atoms with Gasteiger partial charge >= 0.3 is 0 Å². The highest BCUT2D eigenvalue weighted by Gasteiger charge is 2.22. The minimum absolute atomic E-state index is 0. The van der Waals surface area contributed by atoms with Crippen LogP contribution in [-0.4, -0.2) is 67.5 Å². The second-order valence-electron chi connectivity index (χ2n) is 8.70. The molecular weight excluding hydrogens is 489 g/mol. The van der Waals surface area contributed by atoms with Crippen LogP contribution in [-0.2, 0) is 11.3 Å². The number of aliphatic imine (C=N–C) groups is 1. The number of hydrogen-bond donors (Lipinski definition) is 2. The topological polar surface area (TPSA) is 60.0 Å². The first-order valence-corrected chi connectivity index (χ1v) is 11.1. The molecule has 7 heteroatoms. The zero-order valence-corrected chi connectivity index (χ0v) is 21.0. The van der Waals surface area contributed by atoms with Gasteiger partial charge in [-0.15, -0.1) is 24.0 Å². The largest absolute Gasteiger partial charge is 0.354 e. The molecule has 2 N–H and O–H groups in total. The molecule has 168 valence electrons. The van der Waals surface area contributed by atoms with Crippen molar-refractivity contribution in [3.63, 3.8) is 0 Å². The molecule has 0 aromatic heterocycles. The maximum atomic E-state index is 12.0. The number of amides is 1. The van der Waals surface area contributed by atoms with Crippen molar-refractivity contribution in [1.29, 1.82) is 0 Å². The molecule has 1 aliphatic carbocycles. The van der Waals surface area contributed by atoms with E-state index in [9.17, 15) is 4.79 Å². The van der Waals surface area contributed by atoms with Gasteiger partial charge in [0.2, 0.25) is 5.91 Å². The Morgan fingerprint density at radius 3 is 2.27 bits per heavy atom. The standard InChI is InChI=1S/C23H37N5O.HI/c1-18-8-4-5-9-19(18)17-28-14-12-21(13-15-28)26-23(24-16-22(29)27(2)3)25-20-10-6-7-11-20;/h4-5,8-9,20-21H,6-7,10-17H2,1-3H3,(H2,24,25,26);1H. The van der Waals surface area contributed by atoms with Crippen LogP contribution in [0, 0.1) is 6.92 Å². The van der Waals surface area contributed by atoms with Gasteiger partial charge in [-0.2, -0.15) is 0 Å². The number of halogens is 1. The monoisotopic (exact) mass is 527 g/mol. The van der Waals surface area contributed by atoms with Crippen molar-refractivity contribution in [2.24, 2.45) is 4.99 Å². The minimum Gasteiger partial charge on any atom is -0.354 e. The van der Waals surface area contributed by atoms with Crippen molar-refractivity contribution in [1.82, 2.24) is 20.4 Å². The van der Waals surface area contributed by atoms with E-state index in [1.54, 1.807) is 19.0 Å². The lowest BCUT2D eigenvalue weighted by Gasteiger charge is -2.33. The first kappa shape index (κ1) is 24.9. The predicted molar refractivity (Wildman–Crippen MR) is 134 cm³/mol. The number of rotatable bonds is 6. The smallest absolute Gasteiger partial charge is 0.243 e. The summed E-state index contributed by atoms with van der Waals surface area (Å²) >= 11 is 0. The van der Waals surface area contributed by atoms with E-state index in [-0.39, 0.29) is 36.4 Å². The van der Waals surface area contributed by atoms with Crippen molar-refractivity contribution in [3.8, 4) is 0 Å². The van der Waals surface area contributed by atoms with Crippen molar-refractivity contribution in [3.05, 3.63) is 35.4 Å². The lowest BCUT2D eigenvalue weighted by Crippen LogP contribution is -2.50. The van der Waals surface area contributed by atoms with E-state index in [1.807, 2.05) is 0 Å². The van der Waals surface area contributed by atoms with Gasteiger partial charge in [0.15, 0.2) is 5.96 Å². The first-order chi connectivity index (χ1) is 14.0. The van der Waals surface area contributed by atoms with Gasteiger partial charge in [0.1, 0.15) is 6.54 Å². The molecule has 1 aromatic carbocycles. The average molecular weight is 527 g/mol. The van der Waals surface area contributed by atoms with Crippen LogP contribution in [0.1, 0.15) is 49.7 Å². The highest BCUT2D eigenvalue weighted by molar-refractivity contribution is 14.0. The molecule has 2 aliphatic rings.